The zero-order valence-electron chi connectivity index (χ0n) is 21.7. The quantitative estimate of drug-likeness (QED) is 0.453. The molecule has 0 radical (unpaired) electrons. The number of carbonyl (C=O) groups is 3. The van der Waals surface area contributed by atoms with Crippen molar-refractivity contribution in [1.29, 1.82) is 0 Å². The maximum atomic E-state index is 14.2. The zero-order valence-corrected chi connectivity index (χ0v) is 21.7. The number of methoxy groups -OCH3 is 1. The number of carbonyl (C=O) groups excluding carboxylic acids is 3. The number of Topliss-reactive ketones (excluding diaryl/α,β-unsaturated/α-hetero) is 1. The fraction of sp³-hybridized carbons (Fsp3) is 0.464. The van der Waals surface area contributed by atoms with E-state index in [2.05, 4.69) is 0 Å². The number of fused-ring (bicyclic) bond motifs is 4. The van der Waals surface area contributed by atoms with Crippen LogP contribution in [0.15, 0.2) is 35.4 Å². The molecule has 1 saturated heterocycles. The molecule has 2 unspecified atom stereocenters. The lowest BCUT2D eigenvalue weighted by Gasteiger charge is -2.40. The molecule has 1 aromatic rings. The Morgan fingerprint density at radius 2 is 1.67 bits per heavy atom. The molecule has 3 heterocycles. The Morgan fingerprint density at radius 3 is 2.22 bits per heavy atom. The van der Waals surface area contributed by atoms with E-state index in [1.165, 1.54) is 6.07 Å². The van der Waals surface area contributed by atoms with Gasteiger partial charge in [0.1, 0.15) is 28.6 Å². The third kappa shape index (κ3) is 3.79. The largest absolute Gasteiger partial charge is 0.507 e. The van der Waals surface area contributed by atoms with E-state index in [-0.39, 0.29) is 35.7 Å². The first kappa shape index (κ1) is 25.5. The van der Waals surface area contributed by atoms with E-state index in [0.29, 0.717) is 5.56 Å². The first-order valence-corrected chi connectivity index (χ1v) is 11.9. The molecular formula is C28H32O8. The predicted octanol–water partition coefficient (Wildman–Crippen LogP) is 4.89. The third-order valence-corrected chi connectivity index (χ3v) is 6.85. The average Bonchev–Trinajstić information content (AvgIpc) is 3.03. The second kappa shape index (κ2) is 8.54. The summed E-state index contributed by atoms with van der Waals surface area (Å²) >= 11 is 0. The van der Waals surface area contributed by atoms with Gasteiger partial charge in [0.25, 0.3) is 0 Å². The number of aromatic hydroxyl groups is 1. The highest BCUT2D eigenvalue weighted by molar-refractivity contribution is 6.12. The molecule has 8 nitrogen and oxygen atoms in total. The van der Waals surface area contributed by atoms with E-state index in [0.717, 1.165) is 18.3 Å². The lowest BCUT2D eigenvalue weighted by Crippen LogP contribution is -2.58. The number of esters is 2. The number of benzene rings is 1. The van der Waals surface area contributed by atoms with Crippen LogP contribution >= 0.6 is 0 Å². The Kier molecular flexibility index (Phi) is 6.06. The summed E-state index contributed by atoms with van der Waals surface area (Å²) in [5.74, 6) is -6.29. The molecule has 0 aliphatic carbocycles. The van der Waals surface area contributed by atoms with Crippen molar-refractivity contribution in [3.8, 4) is 17.2 Å². The molecule has 3 aliphatic rings. The van der Waals surface area contributed by atoms with E-state index in [1.54, 1.807) is 12.2 Å². The highest BCUT2D eigenvalue weighted by Crippen LogP contribution is 2.59. The monoisotopic (exact) mass is 496 g/mol. The van der Waals surface area contributed by atoms with Crippen molar-refractivity contribution in [2.45, 2.75) is 65.8 Å². The van der Waals surface area contributed by atoms with E-state index >= 15 is 0 Å². The van der Waals surface area contributed by atoms with E-state index < -0.39 is 40.4 Å². The van der Waals surface area contributed by atoms with Crippen LogP contribution in [0.3, 0.4) is 0 Å². The van der Waals surface area contributed by atoms with Crippen LogP contribution < -0.4 is 9.47 Å². The van der Waals surface area contributed by atoms with Gasteiger partial charge in [-0.1, -0.05) is 23.3 Å². The minimum absolute atomic E-state index is 0.0866. The Labute approximate surface area is 210 Å². The van der Waals surface area contributed by atoms with Gasteiger partial charge in [0.2, 0.25) is 0 Å². The van der Waals surface area contributed by atoms with Crippen LogP contribution in [0.25, 0.3) is 6.08 Å². The van der Waals surface area contributed by atoms with Crippen molar-refractivity contribution < 1.29 is 38.4 Å². The van der Waals surface area contributed by atoms with Crippen LogP contribution in [0.1, 0.15) is 70.3 Å². The van der Waals surface area contributed by atoms with Crippen molar-refractivity contribution in [2.75, 3.05) is 7.11 Å². The molecule has 0 amide bonds. The Bertz CT molecular complexity index is 1220. The maximum Gasteiger partial charge on any atom is 0.393 e. The minimum atomic E-state index is -2.34. The maximum absolute atomic E-state index is 14.2. The fourth-order valence-electron chi connectivity index (χ4n) is 5.01. The summed E-state index contributed by atoms with van der Waals surface area (Å²) in [6.07, 6.45) is 7.41. The number of allylic oxidation sites excluding steroid dienone is 4. The van der Waals surface area contributed by atoms with E-state index in [1.807, 2.05) is 53.7 Å². The van der Waals surface area contributed by atoms with Crippen molar-refractivity contribution in [2.24, 2.45) is 11.3 Å². The Morgan fingerprint density at radius 1 is 1.06 bits per heavy atom. The summed E-state index contributed by atoms with van der Waals surface area (Å²) in [7, 11) is 1.14. The average molecular weight is 497 g/mol. The summed E-state index contributed by atoms with van der Waals surface area (Å²) in [5.41, 5.74) is -0.0161. The predicted molar refractivity (Wildman–Crippen MR) is 132 cm³/mol. The van der Waals surface area contributed by atoms with Crippen LogP contribution in [-0.2, 0) is 19.1 Å². The van der Waals surface area contributed by atoms with Crippen molar-refractivity contribution in [3.05, 3.63) is 46.6 Å². The number of ether oxygens (including phenoxy) is 4. The number of hydrogen-bond donors (Lipinski definition) is 1. The third-order valence-electron chi connectivity index (χ3n) is 6.85. The summed E-state index contributed by atoms with van der Waals surface area (Å²) in [6.45, 7) is 11.2. The van der Waals surface area contributed by atoms with Crippen molar-refractivity contribution in [3.63, 3.8) is 0 Å². The van der Waals surface area contributed by atoms with Crippen LogP contribution in [0.5, 0.6) is 17.2 Å². The van der Waals surface area contributed by atoms with Crippen LogP contribution in [0.4, 0.5) is 0 Å². The first-order chi connectivity index (χ1) is 16.8. The van der Waals surface area contributed by atoms with Gasteiger partial charge in [-0.05, 0) is 66.5 Å². The molecule has 1 N–H and O–H groups in total. The van der Waals surface area contributed by atoms with Gasteiger partial charge < -0.3 is 24.1 Å². The van der Waals surface area contributed by atoms with Gasteiger partial charge in [-0.15, -0.1) is 0 Å². The summed E-state index contributed by atoms with van der Waals surface area (Å²) < 4.78 is 22.9. The van der Waals surface area contributed by atoms with Crippen LogP contribution in [-0.4, -0.2) is 41.3 Å². The molecule has 0 aromatic heterocycles. The van der Waals surface area contributed by atoms with Crippen LogP contribution in [0, 0.1) is 11.3 Å². The van der Waals surface area contributed by atoms with Crippen LogP contribution in [0.2, 0.25) is 0 Å². The SMILES string of the molecule is COC(=O)C12OC(=O)C(CC=C(C)C)(CC=C(C)C)C1C(=O)c1c(O)cc3c(c1O2)C=CC(C)(C)O3. The molecule has 36 heavy (non-hydrogen) atoms. The van der Waals surface area contributed by atoms with Crippen molar-refractivity contribution in [1.82, 2.24) is 0 Å². The van der Waals surface area contributed by atoms with Gasteiger partial charge in [0, 0.05) is 6.07 Å². The standard InChI is InChI=1S/C28H32O8/c1-15(2)8-12-27(13-9-16(3)4)23-21(30)20-18(29)14-19-17(10-11-26(5,6)34-19)22(20)35-28(23,25(32)33-7)36-24(27)31/h8-11,14,23,29H,12-13H2,1-7H3. The minimum Gasteiger partial charge on any atom is -0.507 e. The lowest BCUT2D eigenvalue weighted by molar-refractivity contribution is -0.211. The number of phenols is 1. The number of rotatable bonds is 5. The molecule has 2 atom stereocenters. The summed E-state index contributed by atoms with van der Waals surface area (Å²) in [5, 5.41) is 11.0. The number of ketones is 1. The number of phenolic OH excluding ortho intramolecular Hbond substituents is 1. The molecule has 8 heteroatoms. The second-order valence-corrected chi connectivity index (χ2v) is 10.6. The van der Waals surface area contributed by atoms with Gasteiger partial charge >= 0.3 is 17.7 Å². The second-order valence-electron chi connectivity index (χ2n) is 10.6. The smallest absolute Gasteiger partial charge is 0.393 e. The van der Waals surface area contributed by atoms with Gasteiger partial charge in [0.05, 0.1) is 18.1 Å². The van der Waals surface area contributed by atoms with Gasteiger partial charge in [-0.25, -0.2) is 4.79 Å². The molecule has 0 spiro atoms. The van der Waals surface area contributed by atoms with Gasteiger partial charge in [-0.3, -0.25) is 9.59 Å². The zero-order chi connectivity index (χ0) is 26.6. The molecule has 0 bridgehead atoms. The molecule has 1 fully saturated rings. The fourth-order valence-corrected chi connectivity index (χ4v) is 5.01. The summed E-state index contributed by atoms with van der Waals surface area (Å²) in [6, 6.07) is 1.36. The van der Waals surface area contributed by atoms with E-state index in [4.69, 9.17) is 18.9 Å². The summed E-state index contributed by atoms with van der Waals surface area (Å²) in [4.78, 5) is 41.1. The highest BCUT2D eigenvalue weighted by Gasteiger charge is 2.75. The van der Waals surface area contributed by atoms with Gasteiger partial charge in [0.15, 0.2) is 11.5 Å². The Balaban J connectivity index is 2.00. The Hall–Kier alpha value is -3.55. The van der Waals surface area contributed by atoms with Gasteiger partial charge in [-0.2, -0.15) is 0 Å². The molecule has 192 valence electrons. The van der Waals surface area contributed by atoms with Crippen molar-refractivity contribution >= 4 is 23.8 Å². The molecule has 0 saturated carbocycles. The number of hydrogen-bond acceptors (Lipinski definition) is 8. The molecule has 4 rings (SSSR count). The van der Waals surface area contributed by atoms with E-state index in [9.17, 15) is 19.5 Å². The highest BCUT2D eigenvalue weighted by atomic mass is 16.8. The normalized spacial score (nSPS) is 24.2. The topological polar surface area (TPSA) is 108 Å². The molecule has 1 aromatic carbocycles. The molecular weight excluding hydrogens is 464 g/mol. The molecule has 3 aliphatic heterocycles. The lowest BCUT2D eigenvalue weighted by atomic mass is 9.64. The first-order valence-electron chi connectivity index (χ1n) is 11.9.